The minimum atomic E-state index is -0.462. The molecule has 0 aromatic heterocycles. The zero-order valence-electron chi connectivity index (χ0n) is 34.1. The van der Waals surface area contributed by atoms with Crippen molar-refractivity contribution in [2.75, 3.05) is 4.90 Å². The number of para-hydroxylation sites is 2. The van der Waals surface area contributed by atoms with Crippen molar-refractivity contribution in [2.24, 2.45) is 0 Å². The van der Waals surface area contributed by atoms with E-state index in [-0.39, 0.29) is 5.41 Å². The van der Waals surface area contributed by atoms with Crippen molar-refractivity contribution in [3.63, 3.8) is 0 Å². The van der Waals surface area contributed by atoms with Gasteiger partial charge in [0, 0.05) is 27.9 Å². The Balaban J connectivity index is 0.974. The van der Waals surface area contributed by atoms with Crippen molar-refractivity contribution in [1.29, 1.82) is 0 Å². The maximum Gasteiger partial charge on any atom is 0.194 e. The first-order valence-corrected chi connectivity index (χ1v) is 21.5. The van der Waals surface area contributed by atoms with Gasteiger partial charge in [-0.25, -0.2) is 0 Å². The number of benzene rings is 8. The molecule has 1 spiro atoms. The third-order valence-corrected chi connectivity index (χ3v) is 14.0. The fraction of sp³-hybridized carbons (Fsp3) is 0.103. The number of hydrogen-bond donors (Lipinski definition) is 0. The largest absolute Gasteiger partial charge is 0.449 e. The van der Waals surface area contributed by atoms with Crippen LogP contribution in [0.5, 0.6) is 23.0 Å². The molecule has 5 aliphatic rings. The minimum Gasteiger partial charge on any atom is -0.449 e. The van der Waals surface area contributed by atoms with Crippen LogP contribution in [-0.2, 0) is 10.8 Å². The molecule has 3 nitrogen and oxygen atoms in total. The second kappa shape index (κ2) is 12.6. The monoisotopic (exact) mass is 783 g/mol. The molecule has 3 heteroatoms. The van der Waals surface area contributed by atoms with E-state index in [1.807, 2.05) is 0 Å². The standard InChI is InChI=1S/C58H41NO2/c1-57(2)44-24-11-6-20-39(44)42-32-31-36(35-49(42)57)38-19-10-15-28-50(38)59(37-17-4-3-5-18-37)51-29-16-30-52-55(51)60-53-34-33-48-54(56(53)61-52)43-23-9-14-27-47(43)58(48)45-25-12-7-21-40(45)41-22-8-13-26-46(41)58/h3-14,16-27,29-35H,15,28H2,1-2H3. The molecule has 8 aromatic carbocycles. The van der Waals surface area contributed by atoms with Crippen LogP contribution in [-0.4, -0.2) is 0 Å². The second-order valence-corrected chi connectivity index (χ2v) is 17.4. The van der Waals surface area contributed by atoms with Gasteiger partial charge < -0.3 is 14.4 Å². The van der Waals surface area contributed by atoms with Gasteiger partial charge in [-0.1, -0.05) is 166 Å². The molecule has 13 rings (SSSR count). The van der Waals surface area contributed by atoms with Crippen molar-refractivity contribution < 1.29 is 9.47 Å². The first kappa shape index (κ1) is 34.5. The summed E-state index contributed by atoms with van der Waals surface area (Å²) in [7, 11) is 0. The number of hydrogen-bond acceptors (Lipinski definition) is 3. The Morgan fingerprint density at radius 3 is 1.80 bits per heavy atom. The lowest BCUT2D eigenvalue weighted by atomic mass is 9.70. The van der Waals surface area contributed by atoms with E-state index in [1.54, 1.807) is 0 Å². The van der Waals surface area contributed by atoms with Gasteiger partial charge in [-0.2, -0.15) is 0 Å². The van der Waals surface area contributed by atoms with Gasteiger partial charge in [0.15, 0.2) is 23.0 Å². The molecule has 4 aliphatic carbocycles. The number of allylic oxidation sites excluding steroid dienone is 4. The van der Waals surface area contributed by atoms with Crippen LogP contribution in [0.1, 0.15) is 65.6 Å². The van der Waals surface area contributed by atoms with Crippen LogP contribution in [0.4, 0.5) is 11.4 Å². The van der Waals surface area contributed by atoms with Crippen LogP contribution in [0.15, 0.2) is 194 Å². The highest BCUT2D eigenvalue weighted by Gasteiger charge is 2.53. The lowest BCUT2D eigenvalue weighted by molar-refractivity contribution is 0.361. The Morgan fingerprint density at radius 2 is 1.07 bits per heavy atom. The molecule has 0 atom stereocenters. The summed E-state index contributed by atoms with van der Waals surface area (Å²) in [4.78, 5) is 2.41. The average Bonchev–Trinajstić information content (AvgIpc) is 3.88. The lowest BCUT2D eigenvalue weighted by Gasteiger charge is -2.34. The highest BCUT2D eigenvalue weighted by atomic mass is 16.6. The summed E-state index contributed by atoms with van der Waals surface area (Å²) in [5, 5.41) is 0. The number of nitrogens with zero attached hydrogens (tertiary/aromatic N) is 1. The molecule has 0 fully saturated rings. The van der Waals surface area contributed by atoms with Crippen LogP contribution in [0.2, 0.25) is 0 Å². The van der Waals surface area contributed by atoms with Crippen LogP contribution in [0.3, 0.4) is 0 Å². The number of fused-ring (bicyclic) bond motifs is 16. The summed E-state index contributed by atoms with van der Waals surface area (Å²) in [5.74, 6) is 2.90. The molecule has 0 bridgehead atoms. The highest BCUT2D eigenvalue weighted by molar-refractivity contribution is 5.98. The average molecular weight is 784 g/mol. The molecule has 0 amide bonds. The second-order valence-electron chi connectivity index (χ2n) is 17.4. The first-order chi connectivity index (χ1) is 30.0. The highest BCUT2D eigenvalue weighted by Crippen LogP contribution is 2.67. The van der Waals surface area contributed by atoms with E-state index in [1.165, 1.54) is 78.0 Å². The molecule has 290 valence electrons. The summed E-state index contributed by atoms with van der Waals surface area (Å²) in [6.07, 6.45) is 6.46. The fourth-order valence-electron chi connectivity index (χ4n) is 11.4. The van der Waals surface area contributed by atoms with Gasteiger partial charge in [-0.15, -0.1) is 0 Å². The fourth-order valence-corrected chi connectivity index (χ4v) is 11.4. The maximum atomic E-state index is 7.20. The van der Waals surface area contributed by atoms with Gasteiger partial charge in [0.25, 0.3) is 0 Å². The molecule has 0 N–H and O–H groups in total. The van der Waals surface area contributed by atoms with Crippen molar-refractivity contribution >= 4 is 16.9 Å². The number of rotatable bonds is 4. The van der Waals surface area contributed by atoms with Crippen LogP contribution >= 0.6 is 0 Å². The molecule has 0 saturated carbocycles. The van der Waals surface area contributed by atoms with Crippen LogP contribution in [0.25, 0.3) is 39.0 Å². The Kier molecular flexibility index (Phi) is 7.11. The molecule has 0 unspecified atom stereocenters. The van der Waals surface area contributed by atoms with Crippen molar-refractivity contribution in [2.45, 2.75) is 37.5 Å². The third kappa shape index (κ3) is 4.58. The SMILES string of the molecule is CC1(C)c2ccccc2-c2ccc(C3=C(N(c4ccccc4)c4cccc5c4Oc4ccc6c(c4O5)-c4ccccc4C64c5ccccc5-c5ccccc54)CCC=C3)cc21. The van der Waals surface area contributed by atoms with E-state index < -0.39 is 5.41 Å². The van der Waals surface area contributed by atoms with Gasteiger partial charge in [0.05, 0.1) is 11.1 Å². The van der Waals surface area contributed by atoms with E-state index in [2.05, 4.69) is 207 Å². The summed E-state index contributed by atoms with van der Waals surface area (Å²) >= 11 is 0. The Labute approximate surface area is 356 Å². The molecule has 0 saturated heterocycles. The molecule has 61 heavy (non-hydrogen) atoms. The third-order valence-electron chi connectivity index (χ3n) is 14.0. The van der Waals surface area contributed by atoms with Gasteiger partial charge in [0.1, 0.15) is 0 Å². The predicted molar refractivity (Wildman–Crippen MR) is 247 cm³/mol. The van der Waals surface area contributed by atoms with Crippen LogP contribution < -0.4 is 14.4 Å². The summed E-state index contributed by atoms with van der Waals surface area (Å²) < 4.78 is 14.4. The van der Waals surface area contributed by atoms with E-state index >= 15 is 0 Å². The number of anilines is 2. The smallest absolute Gasteiger partial charge is 0.194 e. The predicted octanol–water partition coefficient (Wildman–Crippen LogP) is 15.1. The molecule has 1 heterocycles. The molecule has 0 radical (unpaired) electrons. The zero-order valence-corrected chi connectivity index (χ0v) is 34.1. The van der Waals surface area contributed by atoms with Crippen LogP contribution in [0, 0.1) is 0 Å². The topological polar surface area (TPSA) is 21.7 Å². The van der Waals surface area contributed by atoms with E-state index in [0.29, 0.717) is 11.5 Å². The molecule has 8 aromatic rings. The minimum absolute atomic E-state index is 0.0951. The van der Waals surface area contributed by atoms with Gasteiger partial charge in [-0.05, 0) is 116 Å². The molecular formula is C58H41NO2. The van der Waals surface area contributed by atoms with Gasteiger partial charge in [0.2, 0.25) is 0 Å². The Hall–Kier alpha value is -7.36. The van der Waals surface area contributed by atoms with Crippen molar-refractivity contribution in [3.8, 4) is 56.4 Å². The first-order valence-electron chi connectivity index (χ1n) is 21.5. The Morgan fingerprint density at radius 1 is 0.475 bits per heavy atom. The molecule has 1 aliphatic heterocycles. The molecular weight excluding hydrogens is 743 g/mol. The zero-order chi connectivity index (χ0) is 40.5. The van der Waals surface area contributed by atoms with E-state index in [4.69, 9.17) is 9.47 Å². The normalized spacial score (nSPS) is 16.0. The van der Waals surface area contributed by atoms with E-state index in [9.17, 15) is 0 Å². The lowest BCUT2D eigenvalue weighted by Crippen LogP contribution is -2.25. The van der Waals surface area contributed by atoms with Crippen molar-refractivity contribution in [3.05, 3.63) is 233 Å². The summed E-state index contributed by atoms with van der Waals surface area (Å²) in [6.45, 7) is 4.71. The maximum absolute atomic E-state index is 7.20. The quantitative estimate of drug-likeness (QED) is 0.177. The summed E-state index contributed by atoms with van der Waals surface area (Å²) in [6, 6.07) is 64.1. The van der Waals surface area contributed by atoms with Crippen molar-refractivity contribution in [1.82, 2.24) is 0 Å². The Bertz CT molecular complexity index is 3190. The van der Waals surface area contributed by atoms with E-state index in [0.717, 1.165) is 41.3 Å². The van der Waals surface area contributed by atoms with Gasteiger partial charge >= 0.3 is 0 Å². The summed E-state index contributed by atoms with van der Waals surface area (Å²) in [5.41, 5.74) is 20.5. The van der Waals surface area contributed by atoms with Gasteiger partial charge in [-0.3, -0.25) is 0 Å². The number of ether oxygens (including phenoxy) is 2.